The lowest BCUT2D eigenvalue weighted by Crippen LogP contribution is -2.61. The third kappa shape index (κ3) is 6.27. The summed E-state index contributed by atoms with van der Waals surface area (Å²) in [5.41, 5.74) is 0.538. The second kappa shape index (κ2) is 9.68. The summed E-state index contributed by atoms with van der Waals surface area (Å²) < 4.78 is 54.3. The molecule has 0 aromatic carbocycles. The van der Waals surface area contributed by atoms with E-state index in [1.165, 1.54) is 7.11 Å². The lowest BCUT2D eigenvalue weighted by molar-refractivity contribution is -0.153. The van der Waals surface area contributed by atoms with Gasteiger partial charge in [-0.3, -0.25) is 8.98 Å². The summed E-state index contributed by atoms with van der Waals surface area (Å²) in [5.74, 6) is -2.82. The van der Waals surface area contributed by atoms with Gasteiger partial charge in [-0.05, 0) is 36.3 Å². The predicted octanol–water partition coefficient (Wildman–Crippen LogP) is 3.77. The zero-order chi connectivity index (χ0) is 27.4. The molecule has 0 saturated heterocycles. The van der Waals surface area contributed by atoms with Gasteiger partial charge in [-0.25, -0.2) is 4.79 Å². The number of cyclic esters (lactones) is 1. The van der Waals surface area contributed by atoms with Crippen LogP contribution in [-0.2, 0) is 42.2 Å². The van der Waals surface area contributed by atoms with E-state index in [-0.39, 0.29) is 22.3 Å². The number of carbonyl (C=O) groups is 2. The summed E-state index contributed by atoms with van der Waals surface area (Å²) in [5, 5.41) is -0.424. The Morgan fingerprint density at radius 3 is 1.86 bits per heavy atom. The van der Waals surface area contributed by atoms with E-state index in [1.807, 2.05) is 13.1 Å². The van der Waals surface area contributed by atoms with Crippen LogP contribution in [0.25, 0.3) is 0 Å². The molecule has 0 unspecified atom stereocenters. The zero-order valence-corrected chi connectivity index (χ0v) is 25.9. The second-order valence-corrected chi connectivity index (χ2v) is 23.5. The fourth-order valence-electron chi connectivity index (χ4n) is 3.69. The molecule has 2 rings (SSSR count). The quantitative estimate of drug-likeness (QED) is 0.265. The van der Waals surface area contributed by atoms with Crippen molar-refractivity contribution in [3.63, 3.8) is 0 Å². The second-order valence-electron chi connectivity index (χ2n) is 12.4. The van der Waals surface area contributed by atoms with Crippen LogP contribution in [0, 0.1) is 5.92 Å². The van der Waals surface area contributed by atoms with Gasteiger partial charge in [0.05, 0.1) is 25.0 Å². The molecule has 2 aliphatic rings. The van der Waals surface area contributed by atoms with Gasteiger partial charge in [0.2, 0.25) is 0 Å². The highest BCUT2D eigenvalue weighted by Crippen LogP contribution is 2.47. The Balaban J connectivity index is 2.83. The molecule has 12 heteroatoms. The molecule has 0 radical (unpaired) electrons. The Morgan fingerprint density at radius 2 is 1.43 bits per heavy atom. The van der Waals surface area contributed by atoms with E-state index in [0.29, 0.717) is 5.57 Å². The van der Waals surface area contributed by atoms with Gasteiger partial charge in [-0.15, -0.1) is 0 Å². The first kappa shape index (κ1) is 30.2. The highest BCUT2D eigenvalue weighted by atomic mass is 32.2. The molecule has 1 aliphatic heterocycles. The van der Waals surface area contributed by atoms with Crippen LogP contribution in [0.4, 0.5) is 0 Å². The maximum absolute atomic E-state index is 13.0. The molecule has 1 aliphatic carbocycles. The Bertz CT molecular complexity index is 987. The average molecular weight is 551 g/mol. The monoisotopic (exact) mass is 550 g/mol. The van der Waals surface area contributed by atoms with Crippen molar-refractivity contribution < 1.29 is 40.5 Å². The molecule has 4 atom stereocenters. The maximum Gasteiger partial charge on any atom is 0.335 e. The van der Waals surface area contributed by atoms with E-state index in [1.54, 1.807) is 0 Å². The van der Waals surface area contributed by atoms with Crippen LogP contribution in [0.15, 0.2) is 11.1 Å². The lowest BCUT2D eigenvalue weighted by atomic mass is 9.78. The SMILES string of the molecule is COC(=O)[C@H]1C2=C(COC2=O)[C@@H](O[Si](C)(C)C(C)(C)C)[C@@H](O[Si](C)(C)C(C)(C)C)[C@H]1OS(C)(=O)=O. The highest BCUT2D eigenvalue weighted by molar-refractivity contribution is 7.86. The maximum atomic E-state index is 13.0. The third-order valence-electron chi connectivity index (χ3n) is 7.74. The Kier molecular flexibility index (Phi) is 8.34. The van der Waals surface area contributed by atoms with Crippen LogP contribution in [0.5, 0.6) is 0 Å². The van der Waals surface area contributed by atoms with Crippen molar-refractivity contribution >= 4 is 38.7 Å². The molecule has 0 N–H and O–H groups in total. The minimum absolute atomic E-state index is 0.0456. The van der Waals surface area contributed by atoms with Gasteiger partial charge in [-0.2, -0.15) is 8.42 Å². The summed E-state index contributed by atoms with van der Waals surface area (Å²) in [7, 11) is -7.89. The Morgan fingerprint density at radius 1 is 0.943 bits per heavy atom. The minimum Gasteiger partial charge on any atom is -0.468 e. The molecule has 35 heavy (non-hydrogen) atoms. The number of ether oxygens (including phenoxy) is 2. The van der Waals surface area contributed by atoms with Crippen molar-refractivity contribution in [2.45, 2.75) is 96.1 Å². The number of hydrogen-bond donors (Lipinski definition) is 0. The molecular weight excluding hydrogens is 508 g/mol. The Labute approximate surface area is 212 Å². The molecule has 0 aromatic heterocycles. The first-order valence-corrected chi connectivity index (χ1v) is 19.4. The largest absolute Gasteiger partial charge is 0.468 e. The number of hydrogen-bond acceptors (Lipinski definition) is 9. The van der Waals surface area contributed by atoms with E-state index in [2.05, 4.69) is 54.6 Å². The van der Waals surface area contributed by atoms with Crippen LogP contribution in [-0.4, -0.2) is 75.3 Å². The van der Waals surface area contributed by atoms with Crippen molar-refractivity contribution in [2.75, 3.05) is 20.0 Å². The number of rotatable bonds is 7. The van der Waals surface area contributed by atoms with Crippen LogP contribution in [0.3, 0.4) is 0 Å². The highest BCUT2D eigenvalue weighted by Gasteiger charge is 2.58. The molecule has 0 fully saturated rings. The van der Waals surface area contributed by atoms with E-state index < -0.39 is 62.9 Å². The van der Waals surface area contributed by atoms with Gasteiger partial charge in [0.15, 0.2) is 16.6 Å². The molecule has 0 spiro atoms. The molecular formula is C23H42O9SSi2. The number of carbonyl (C=O) groups excluding carboxylic acids is 2. The number of methoxy groups -OCH3 is 1. The minimum atomic E-state index is -4.06. The van der Waals surface area contributed by atoms with E-state index in [4.69, 9.17) is 22.5 Å². The van der Waals surface area contributed by atoms with Crippen molar-refractivity contribution in [1.82, 2.24) is 0 Å². The lowest BCUT2D eigenvalue weighted by Gasteiger charge is -2.49. The Hall–Kier alpha value is -1.06. The van der Waals surface area contributed by atoms with Crippen molar-refractivity contribution in [1.29, 1.82) is 0 Å². The average Bonchev–Trinajstić information content (AvgIpc) is 3.02. The van der Waals surface area contributed by atoms with Gasteiger partial charge in [0.25, 0.3) is 10.1 Å². The van der Waals surface area contributed by atoms with Gasteiger partial charge < -0.3 is 18.3 Å². The summed E-state index contributed by atoms with van der Waals surface area (Å²) >= 11 is 0. The molecule has 0 saturated carbocycles. The summed E-state index contributed by atoms with van der Waals surface area (Å²) in [6.45, 7) is 20.5. The van der Waals surface area contributed by atoms with Crippen molar-refractivity contribution in [2.24, 2.45) is 5.92 Å². The molecule has 0 aromatic rings. The summed E-state index contributed by atoms with van der Waals surface area (Å²) in [4.78, 5) is 25.8. The fourth-order valence-corrected chi connectivity index (χ4v) is 6.87. The van der Waals surface area contributed by atoms with Crippen molar-refractivity contribution in [3.05, 3.63) is 11.1 Å². The summed E-state index contributed by atoms with van der Waals surface area (Å²) in [6, 6.07) is 0. The van der Waals surface area contributed by atoms with Gasteiger partial charge in [0, 0.05) is 5.57 Å². The van der Waals surface area contributed by atoms with E-state index in [0.717, 1.165) is 6.26 Å². The van der Waals surface area contributed by atoms with Crippen LogP contribution in [0.1, 0.15) is 41.5 Å². The predicted molar refractivity (Wildman–Crippen MR) is 137 cm³/mol. The van der Waals surface area contributed by atoms with E-state index >= 15 is 0 Å². The fraction of sp³-hybridized carbons (Fsp3) is 0.826. The van der Waals surface area contributed by atoms with Crippen LogP contribution < -0.4 is 0 Å². The number of esters is 2. The molecule has 0 bridgehead atoms. The third-order valence-corrected chi connectivity index (χ3v) is 17.2. The molecule has 0 amide bonds. The summed E-state index contributed by atoms with van der Waals surface area (Å²) in [6.07, 6.45) is -2.24. The van der Waals surface area contributed by atoms with Gasteiger partial charge in [-0.1, -0.05) is 41.5 Å². The normalized spacial score (nSPS) is 26.5. The zero-order valence-electron chi connectivity index (χ0n) is 23.1. The molecule has 202 valence electrons. The smallest absolute Gasteiger partial charge is 0.335 e. The van der Waals surface area contributed by atoms with E-state index in [9.17, 15) is 18.0 Å². The van der Waals surface area contributed by atoms with Gasteiger partial charge >= 0.3 is 11.9 Å². The van der Waals surface area contributed by atoms with Crippen LogP contribution >= 0.6 is 0 Å². The molecule has 1 heterocycles. The topological polar surface area (TPSA) is 114 Å². The van der Waals surface area contributed by atoms with Gasteiger partial charge in [0.1, 0.15) is 24.7 Å². The van der Waals surface area contributed by atoms with Crippen LogP contribution in [0.2, 0.25) is 36.3 Å². The van der Waals surface area contributed by atoms with Crippen molar-refractivity contribution in [3.8, 4) is 0 Å². The first-order chi connectivity index (χ1) is 15.5. The first-order valence-electron chi connectivity index (χ1n) is 11.8. The molecule has 9 nitrogen and oxygen atoms in total. The standard InChI is InChI=1S/C23H42O9SSi2/c1-22(2,3)34(9,10)31-17-14-13-29-21(25)15(14)16(20(24)28-7)18(30-33(8,26)27)19(17)32-35(11,12)23(4,5)6/h16-19H,13H2,1-12H3/t16-,17+,18-,19+/m0/s1.